The van der Waals surface area contributed by atoms with E-state index >= 15 is 0 Å². The van der Waals surface area contributed by atoms with Crippen molar-refractivity contribution in [3.8, 4) is 0 Å². The van der Waals surface area contributed by atoms with Crippen LogP contribution in [0.5, 0.6) is 0 Å². The highest BCUT2D eigenvalue weighted by Gasteiger charge is 2.01. The highest BCUT2D eigenvalue weighted by Crippen LogP contribution is 1.97. The van der Waals surface area contributed by atoms with Gasteiger partial charge in [0.2, 0.25) is 0 Å². The van der Waals surface area contributed by atoms with Crippen LogP contribution in [0.1, 0.15) is 27.7 Å². The summed E-state index contributed by atoms with van der Waals surface area (Å²) in [4.78, 5) is 16.1. The van der Waals surface area contributed by atoms with Gasteiger partial charge in [-0.15, -0.1) is 0 Å². The van der Waals surface area contributed by atoms with Crippen LogP contribution in [-0.2, 0) is 0 Å². The van der Waals surface area contributed by atoms with Crippen molar-refractivity contribution in [2.45, 2.75) is 27.7 Å². The van der Waals surface area contributed by atoms with Gasteiger partial charge in [0.25, 0.3) is 0 Å². The molecule has 0 bridgehead atoms. The Morgan fingerprint density at radius 1 is 0.458 bits per heavy atom. The van der Waals surface area contributed by atoms with Gasteiger partial charge in [0.15, 0.2) is 0 Å². The van der Waals surface area contributed by atoms with Crippen molar-refractivity contribution in [3.63, 3.8) is 0 Å². The van der Waals surface area contributed by atoms with E-state index in [2.05, 4.69) is 20.0 Å². The van der Waals surface area contributed by atoms with Crippen molar-refractivity contribution < 1.29 is 0 Å². The zero-order valence-corrected chi connectivity index (χ0v) is 16.4. The Kier molecular flexibility index (Phi) is 16.9. The van der Waals surface area contributed by atoms with Crippen LogP contribution < -0.4 is 0 Å². The molecular weight excluding hydrogens is 296 g/mol. The van der Waals surface area contributed by atoms with Crippen molar-refractivity contribution >= 4 is 22.8 Å². The predicted molar refractivity (Wildman–Crippen MR) is 113 cm³/mol. The Morgan fingerprint density at radius 2 is 0.750 bits per heavy atom. The normalized spacial score (nSPS) is 17.3. The molecule has 0 radical (unpaired) electrons. The third kappa shape index (κ3) is 9.62. The van der Waals surface area contributed by atoms with Gasteiger partial charge in [0.1, 0.15) is 0 Å². The minimum atomic E-state index is 0.949. The maximum atomic E-state index is 4.05. The summed E-state index contributed by atoms with van der Waals surface area (Å²) in [6, 6.07) is 0. The van der Waals surface area contributed by atoms with Crippen molar-refractivity contribution in [1.82, 2.24) is 0 Å². The van der Waals surface area contributed by atoms with Gasteiger partial charge >= 0.3 is 0 Å². The Hall–Kier alpha value is -2.36. The van der Waals surface area contributed by atoms with E-state index in [0.29, 0.717) is 0 Å². The Balaban J connectivity index is 0. The van der Waals surface area contributed by atoms with E-state index in [1.165, 1.54) is 0 Å². The molecule has 0 saturated heterocycles. The first-order chi connectivity index (χ1) is 11.7. The molecule has 4 nitrogen and oxygen atoms in total. The fraction of sp³-hybridized carbons (Fsp3) is 0.400. The third-order valence-electron chi connectivity index (χ3n) is 2.73. The summed E-state index contributed by atoms with van der Waals surface area (Å²) < 4.78 is 0. The van der Waals surface area contributed by atoms with Crippen molar-refractivity contribution in [3.05, 3.63) is 48.6 Å². The summed E-state index contributed by atoms with van der Waals surface area (Å²) in [5.41, 5.74) is 3.88. The summed E-state index contributed by atoms with van der Waals surface area (Å²) in [6.45, 7) is 8.00. The number of hydrogen-bond donors (Lipinski definition) is 0. The van der Waals surface area contributed by atoms with Crippen molar-refractivity contribution in [1.29, 1.82) is 0 Å². The Bertz CT molecular complexity index is 500. The van der Waals surface area contributed by atoms with Crippen molar-refractivity contribution in [2.75, 3.05) is 28.2 Å². The largest absolute Gasteiger partial charge is 0.289 e. The summed E-state index contributed by atoms with van der Waals surface area (Å²) in [5, 5.41) is 0. The first kappa shape index (κ1) is 23.9. The molecule has 0 spiro atoms. The molecular formula is C20H32N4. The summed E-state index contributed by atoms with van der Waals surface area (Å²) in [7, 11) is 7.09. The first-order valence-electron chi connectivity index (χ1n) is 8.33. The second-order valence-electron chi connectivity index (χ2n) is 3.90. The summed E-state index contributed by atoms with van der Waals surface area (Å²) in [5.74, 6) is 0. The van der Waals surface area contributed by atoms with Crippen LogP contribution in [0.2, 0.25) is 0 Å². The molecule has 0 aromatic rings. The van der Waals surface area contributed by atoms with E-state index in [-0.39, 0.29) is 0 Å². The molecule has 4 heteroatoms. The van der Waals surface area contributed by atoms with Gasteiger partial charge in [-0.05, 0) is 36.5 Å². The van der Waals surface area contributed by atoms with Gasteiger partial charge in [-0.1, -0.05) is 39.8 Å². The maximum absolute atomic E-state index is 4.05. The van der Waals surface area contributed by atoms with Crippen molar-refractivity contribution in [2.24, 2.45) is 20.0 Å². The number of rotatable bonds is 0. The average molecular weight is 329 g/mol. The van der Waals surface area contributed by atoms with Crippen LogP contribution >= 0.6 is 0 Å². The SMILES string of the molecule is CC.CC.CN=C1C=CC(=NC)C=C1.CN=C1C=CC=CC1=NC. The number of aliphatic imine (C=N–C) groups is 4. The lowest BCUT2D eigenvalue weighted by atomic mass is 10.1. The summed E-state index contributed by atoms with van der Waals surface area (Å²) in [6.07, 6.45) is 15.6. The van der Waals surface area contributed by atoms with E-state index in [1.807, 2.05) is 76.3 Å². The molecule has 0 amide bonds. The van der Waals surface area contributed by atoms with Crippen LogP contribution in [0.4, 0.5) is 0 Å². The number of allylic oxidation sites excluding steroid dienone is 8. The molecule has 24 heavy (non-hydrogen) atoms. The quantitative estimate of drug-likeness (QED) is 0.462. The predicted octanol–water partition coefficient (Wildman–Crippen LogP) is 4.56. The molecule has 132 valence electrons. The topological polar surface area (TPSA) is 49.4 Å². The highest BCUT2D eigenvalue weighted by molar-refractivity contribution is 6.51. The van der Waals surface area contributed by atoms with E-state index in [4.69, 9.17) is 0 Å². The smallest absolute Gasteiger partial charge is 0.0822 e. The number of hydrogen-bond acceptors (Lipinski definition) is 4. The van der Waals surface area contributed by atoms with Crippen LogP contribution in [0, 0.1) is 0 Å². The molecule has 2 rings (SSSR count). The van der Waals surface area contributed by atoms with Gasteiger partial charge in [-0.25, -0.2) is 0 Å². The molecule has 0 atom stereocenters. The fourth-order valence-corrected chi connectivity index (χ4v) is 1.59. The molecule has 0 fully saturated rings. The molecule has 0 unspecified atom stereocenters. The second-order valence-corrected chi connectivity index (χ2v) is 3.90. The van der Waals surface area contributed by atoms with E-state index in [9.17, 15) is 0 Å². The lowest BCUT2D eigenvalue weighted by Crippen LogP contribution is -2.10. The minimum Gasteiger partial charge on any atom is -0.289 e. The lowest BCUT2D eigenvalue weighted by Gasteiger charge is -2.01. The molecule has 2 aliphatic carbocycles. The monoisotopic (exact) mass is 328 g/mol. The Labute approximate surface area is 148 Å². The van der Waals surface area contributed by atoms with Gasteiger partial charge in [-0.2, -0.15) is 0 Å². The highest BCUT2D eigenvalue weighted by atomic mass is 14.8. The fourth-order valence-electron chi connectivity index (χ4n) is 1.59. The molecule has 0 aliphatic heterocycles. The average Bonchev–Trinajstić information content (AvgIpc) is 2.71. The third-order valence-corrected chi connectivity index (χ3v) is 2.73. The van der Waals surface area contributed by atoms with Gasteiger partial charge in [0, 0.05) is 28.2 Å². The molecule has 0 heterocycles. The Morgan fingerprint density at radius 3 is 0.958 bits per heavy atom. The molecule has 0 aromatic heterocycles. The molecule has 0 aromatic carbocycles. The maximum Gasteiger partial charge on any atom is 0.0822 e. The first-order valence-corrected chi connectivity index (χ1v) is 8.33. The summed E-state index contributed by atoms with van der Waals surface area (Å²) >= 11 is 0. The standard InChI is InChI=1S/2C8H10N2.2C2H6/c1-9-7-3-5-8(10-2)6-4-7;1-9-7-5-3-4-6-8(7)10-2;2*1-2/h2*3-6H,1-2H3;2*1-2H3. The van der Waals surface area contributed by atoms with Crippen LogP contribution in [0.3, 0.4) is 0 Å². The minimum absolute atomic E-state index is 0.949. The van der Waals surface area contributed by atoms with Gasteiger partial charge in [0.05, 0.1) is 22.8 Å². The zero-order valence-electron chi connectivity index (χ0n) is 16.4. The van der Waals surface area contributed by atoms with Gasteiger partial charge < -0.3 is 0 Å². The van der Waals surface area contributed by atoms with Crippen LogP contribution in [0.25, 0.3) is 0 Å². The van der Waals surface area contributed by atoms with Crippen LogP contribution in [-0.4, -0.2) is 51.0 Å². The van der Waals surface area contributed by atoms with Crippen LogP contribution in [0.15, 0.2) is 68.6 Å². The molecule has 2 aliphatic rings. The molecule has 0 saturated carbocycles. The zero-order chi connectivity index (χ0) is 18.8. The molecule has 0 N–H and O–H groups in total. The van der Waals surface area contributed by atoms with E-state index in [0.717, 1.165) is 22.8 Å². The lowest BCUT2D eigenvalue weighted by molar-refractivity contribution is 1.42. The second kappa shape index (κ2) is 17.0. The van der Waals surface area contributed by atoms with Gasteiger partial charge in [-0.3, -0.25) is 20.0 Å². The number of nitrogens with zero attached hydrogens (tertiary/aromatic N) is 4. The van der Waals surface area contributed by atoms with E-state index in [1.54, 1.807) is 28.2 Å². The van der Waals surface area contributed by atoms with E-state index < -0.39 is 0 Å².